The molecule has 0 spiro atoms. The molecule has 0 amide bonds. The van der Waals surface area contributed by atoms with Crippen LogP contribution in [0, 0.1) is 0 Å². The average Bonchev–Trinajstić information content (AvgIpc) is 2.40. The van der Waals surface area contributed by atoms with Crippen molar-refractivity contribution in [2.24, 2.45) is 4.99 Å². The summed E-state index contributed by atoms with van der Waals surface area (Å²) >= 11 is 0. The van der Waals surface area contributed by atoms with Crippen LogP contribution in [0.4, 0.5) is 0 Å². The molecule has 1 atom stereocenters. The molecular formula is C14H32IN3O3S. The highest BCUT2D eigenvalue weighted by molar-refractivity contribution is 14.0. The molecule has 0 aromatic heterocycles. The molecule has 0 aromatic rings. The Bertz CT molecular complexity index is 389. The molecule has 134 valence electrons. The third-order valence-corrected chi connectivity index (χ3v) is 3.89. The number of unbranched alkanes of at least 4 members (excludes halogenated alkanes) is 2. The van der Waals surface area contributed by atoms with Crippen molar-refractivity contribution in [1.29, 1.82) is 0 Å². The topological polar surface area (TPSA) is 79.8 Å². The van der Waals surface area contributed by atoms with Gasteiger partial charge < -0.3 is 15.4 Å². The van der Waals surface area contributed by atoms with Crippen molar-refractivity contribution in [1.82, 2.24) is 10.6 Å². The SMILES string of the molecule is CCCCCC(C)NC(=NC)NCCOCCS(C)(=O)=O.I. The Morgan fingerprint density at radius 3 is 2.50 bits per heavy atom. The number of nitrogens with zero attached hydrogens (tertiary/aromatic N) is 1. The minimum absolute atomic E-state index is 0. The Morgan fingerprint density at radius 2 is 1.95 bits per heavy atom. The van der Waals surface area contributed by atoms with Gasteiger partial charge >= 0.3 is 0 Å². The van der Waals surface area contributed by atoms with E-state index in [1.807, 2.05) is 0 Å². The van der Waals surface area contributed by atoms with Crippen LogP contribution in [0.25, 0.3) is 0 Å². The molecule has 0 aliphatic heterocycles. The molecule has 1 unspecified atom stereocenters. The Morgan fingerprint density at radius 1 is 1.27 bits per heavy atom. The maximum absolute atomic E-state index is 10.9. The van der Waals surface area contributed by atoms with Crippen LogP contribution in [0.1, 0.15) is 39.5 Å². The Labute approximate surface area is 152 Å². The normalized spacial score (nSPS) is 13.4. The first-order valence-electron chi connectivity index (χ1n) is 7.61. The number of hydrogen-bond acceptors (Lipinski definition) is 4. The van der Waals surface area contributed by atoms with Crippen LogP contribution in [0.5, 0.6) is 0 Å². The lowest BCUT2D eigenvalue weighted by atomic mass is 10.1. The third kappa shape index (κ3) is 16.3. The molecule has 8 heteroatoms. The number of halogens is 1. The standard InChI is InChI=1S/C14H31N3O3S.HI/c1-5-6-7-8-13(2)17-14(15-3)16-9-10-20-11-12-21(4,18)19;/h13H,5-12H2,1-4H3,(H2,15,16,17);1H. The highest BCUT2D eigenvalue weighted by Gasteiger charge is 2.05. The van der Waals surface area contributed by atoms with Gasteiger partial charge in [0.25, 0.3) is 0 Å². The molecule has 0 saturated carbocycles. The van der Waals surface area contributed by atoms with Gasteiger partial charge in [-0.05, 0) is 13.3 Å². The van der Waals surface area contributed by atoms with E-state index in [2.05, 4.69) is 29.5 Å². The minimum Gasteiger partial charge on any atom is -0.379 e. The van der Waals surface area contributed by atoms with E-state index >= 15 is 0 Å². The summed E-state index contributed by atoms with van der Waals surface area (Å²) in [6.07, 6.45) is 6.03. The lowest BCUT2D eigenvalue weighted by Crippen LogP contribution is -2.43. The van der Waals surface area contributed by atoms with Crippen LogP contribution in [0.2, 0.25) is 0 Å². The molecule has 0 rings (SSSR count). The summed E-state index contributed by atoms with van der Waals surface area (Å²) in [7, 11) is -1.21. The molecule has 2 N–H and O–H groups in total. The van der Waals surface area contributed by atoms with Crippen molar-refractivity contribution in [2.45, 2.75) is 45.6 Å². The largest absolute Gasteiger partial charge is 0.379 e. The molecule has 22 heavy (non-hydrogen) atoms. The second kappa shape index (κ2) is 14.5. The monoisotopic (exact) mass is 449 g/mol. The number of aliphatic imine (C=N–C) groups is 1. The Kier molecular flexibility index (Phi) is 15.9. The zero-order chi connectivity index (χ0) is 16.1. The van der Waals surface area contributed by atoms with E-state index < -0.39 is 9.84 Å². The first-order valence-corrected chi connectivity index (χ1v) is 9.67. The van der Waals surface area contributed by atoms with Gasteiger partial charge in [0.2, 0.25) is 0 Å². The number of guanidine groups is 1. The van der Waals surface area contributed by atoms with Gasteiger partial charge in [-0.1, -0.05) is 26.2 Å². The fourth-order valence-corrected chi connectivity index (χ4v) is 2.18. The van der Waals surface area contributed by atoms with Crippen molar-refractivity contribution in [2.75, 3.05) is 38.8 Å². The summed E-state index contributed by atoms with van der Waals surface area (Å²) in [5.41, 5.74) is 0. The summed E-state index contributed by atoms with van der Waals surface area (Å²) in [4.78, 5) is 4.16. The highest BCUT2D eigenvalue weighted by Crippen LogP contribution is 2.02. The van der Waals surface area contributed by atoms with Crippen molar-refractivity contribution in [3.05, 3.63) is 0 Å². The van der Waals surface area contributed by atoms with Crippen LogP contribution in [-0.2, 0) is 14.6 Å². The second-order valence-electron chi connectivity index (χ2n) is 5.28. The number of rotatable bonds is 11. The average molecular weight is 449 g/mol. The van der Waals surface area contributed by atoms with Gasteiger partial charge in [-0.25, -0.2) is 8.42 Å². The van der Waals surface area contributed by atoms with E-state index in [1.54, 1.807) is 7.05 Å². The molecule has 0 heterocycles. The summed E-state index contributed by atoms with van der Waals surface area (Å²) in [5.74, 6) is 0.819. The molecule has 0 bridgehead atoms. The van der Waals surface area contributed by atoms with Crippen LogP contribution < -0.4 is 10.6 Å². The van der Waals surface area contributed by atoms with Crippen molar-refractivity contribution in [3.8, 4) is 0 Å². The molecule has 0 fully saturated rings. The quantitative estimate of drug-likeness (QED) is 0.218. The van der Waals surface area contributed by atoms with Crippen molar-refractivity contribution >= 4 is 39.8 Å². The smallest absolute Gasteiger partial charge is 0.191 e. The summed E-state index contributed by atoms with van der Waals surface area (Å²) in [5, 5.41) is 6.48. The van der Waals surface area contributed by atoms with Gasteiger partial charge in [0.15, 0.2) is 5.96 Å². The molecule has 0 saturated heterocycles. The Balaban J connectivity index is 0. The predicted octanol–water partition coefficient (Wildman–Crippen LogP) is 1.80. The lowest BCUT2D eigenvalue weighted by Gasteiger charge is -2.17. The summed E-state index contributed by atoms with van der Waals surface area (Å²) in [6.45, 7) is 5.64. The van der Waals surface area contributed by atoms with E-state index in [0.717, 1.165) is 12.4 Å². The van der Waals surface area contributed by atoms with Crippen molar-refractivity contribution < 1.29 is 13.2 Å². The van der Waals surface area contributed by atoms with E-state index in [1.165, 1.54) is 25.5 Å². The van der Waals surface area contributed by atoms with E-state index in [4.69, 9.17) is 4.74 Å². The third-order valence-electron chi connectivity index (χ3n) is 2.98. The summed E-state index contributed by atoms with van der Waals surface area (Å²) in [6, 6.07) is 0.383. The highest BCUT2D eigenvalue weighted by atomic mass is 127. The number of nitrogens with one attached hydrogen (secondary N) is 2. The van der Waals surface area contributed by atoms with Gasteiger partial charge in [-0.15, -0.1) is 24.0 Å². The minimum atomic E-state index is -2.94. The predicted molar refractivity (Wildman–Crippen MR) is 104 cm³/mol. The lowest BCUT2D eigenvalue weighted by molar-refractivity contribution is 0.154. The van der Waals surface area contributed by atoms with Gasteiger partial charge in [0.1, 0.15) is 9.84 Å². The van der Waals surface area contributed by atoms with Crippen LogP contribution in [0.15, 0.2) is 4.99 Å². The molecule has 0 aliphatic rings. The second-order valence-corrected chi connectivity index (χ2v) is 7.54. The van der Waals surface area contributed by atoms with Crippen LogP contribution in [0.3, 0.4) is 0 Å². The fraction of sp³-hybridized carbons (Fsp3) is 0.929. The van der Waals surface area contributed by atoms with E-state index in [9.17, 15) is 8.42 Å². The number of ether oxygens (including phenoxy) is 1. The molecule has 0 aromatic carbocycles. The van der Waals surface area contributed by atoms with Gasteiger partial charge in [0, 0.05) is 25.9 Å². The number of sulfone groups is 1. The maximum Gasteiger partial charge on any atom is 0.191 e. The van der Waals surface area contributed by atoms with Crippen LogP contribution in [-0.4, -0.2) is 59.2 Å². The molecular weight excluding hydrogens is 417 g/mol. The van der Waals surface area contributed by atoms with Gasteiger partial charge in [-0.2, -0.15) is 0 Å². The van der Waals surface area contributed by atoms with E-state index in [-0.39, 0.29) is 36.3 Å². The summed E-state index contributed by atoms with van der Waals surface area (Å²) < 4.78 is 27.1. The van der Waals surface area contributed by atoms with Gasteiger partial charge in [-0.3, -0.25) is 4.99 Å². The first kappa shape index (κ1) is 24.2. The first-order chi connectivity index (χ1) is 9.89. The zero-order valence-corrected chi connectivity index (χ0v) is 17.4. The van der Waals surface area contributed by atoms with Gasteiger partial charge in [0.05, 0.1) is 19.0 Å². The maximum atomic E-state index is 10.9. The molecule has 0 radical (unpaired) electrons. The molecule has 6 nitrogen and oxygen atoms in total. The Hall–Kier alpha value is -0.0900. The molecule has 0 aliphatic carbocycles. The number of hydrogen-bond donors (Lipinski definition) is 2. The van der Waals surface area contributed by atoms with Crippen LogP contribution >= 0.6 is 24.0 Å². The fourth-order valence-electron chi connectivity index (χ4n) is 1.75. The van der Waals surface area contributed by atoms with E-state index in [0.29, 0.717) is 19.2 Å². The zero-order valence-electron chi connectivity index (χ0n) is 14.2. The van der Waals surface area contributed by atoms with Crippen molar-refractivity contribution in [3.63, 3.8) is 0 Å².